The van der Waals surface area contributed by atoms with Gasteiger partial charge in [-0.05, 0) is 61.3 Å². The zero-order valence-electron chi connectivity index (χ0n) is 13.8. The second-order valence-corrected chi connectivity index (χ2v) is 7.46. The first-order valence-electron chi connectivity index (χ1n) is 8.43. The Labute approximate surface area is 145 Å². The van der Waals surface area contributed by atoms with Crippen LogP contribution in [-0.4, -0.2) is 16.0 Å². The van der Waals surface area contributed by atoms with Crippen molar-refractivity contribution in [3.63, 3.8) is 0 Å². The highest BCUT2D eigenvalue weighted by Crippen LogP contribution is 2.45. The fourth-order valence-electron chi connectivity index (χ4n) is 3.13. The van der Waals surface area contributed by atoms with E-state index in [9.17, 15) is 4.79 Å². The molecule has 24 heavy (non-hydrogen) atoms. The van der Waals surface area contributed by atoms with E-state index in [0.29, 0.717) is 40.2 Å². The van der Waals surface area contributed by atoms with Gasteiger partial charge in [0.15, 0.2) is 5.82 Å². The normalized spacial score (nSPS) is 22.5. The second kappa shape index (κ2) is 5.88. The first-order chi connectivity index (χ1) is 11.5. The van der Waals surface area contributed by atoms with Crippen molar-refractivity contribution in [1.82, 2.24) is 10.1 Å². The van der Waals surface area contributed by atoms with E-state index in [1.807, 2.05) is 12.1 Å². The number of hydrogen-bond donors (Lipinski definition) is 1. The Morgan fingerprint density at radius 3 is 2.83 bits per heavy atom. The van der Waals surface area contributed by atoms with Crippen LogP contribution in [-0.2, 0) is 11.2 Å². The Balaban J connectivity index is 1.42. The minimum atomic E-state index is -0.200. The largest absolute Gasteiger partial charge is 0.339 e. The van der Waals surface area contributed by atoms with Gasteiger partial charge in [-0.2, -0.15) is 4.98 Å². The molecule has 0 saturated heterocycles. The van der Waals surface area contributed by atoms with Gasteiger partial charge in [0.2, 0.25) is 11.8 Å². The molecule has 2 aromatic rings. The summed E-state index contributed by atoms with van der Waals surface area (Å²) in [5.41, 5.74) is 3.09. The van der Waals surface area contributed by atoms with E-state index in [2.05, 4.69) is 29.3 Å². The molecule has 2 unspecified atom stereocenters. The molecule has 1 N–H and O–H groups in total. The summed E-state index contributed by atoms with van der Waals surface area (Å²) in [6, 6.07) is 3.92. The minimum Gasteiger partial charge on any atom is -0.339 e. The van der Waals surface area contributed by atoms with Gasteiger partial charge in [-0.3, -0.25) is 4.79 Å². The summed E-state index contributed by atoms with van der Waals surface area (Å²) in [7, 11) is 0. The van der Waals surface area contributed by atoms with E-state index in [1.54, 1.807) is 0 Å². The van der Waals surface area contributed by atoms with Crippen LogP contribution in [0.25, 0.3) is 0 Å². The maximum atomic E-state index is 12.2. The third-order valence-electron chi connectivity index (χ3n) is 4.88. The maximum absolute atomic E-state index is 12.2. The van der Waals surface area contributed by atoms with E-state index >= 15 is 0 Å². The van der Waals surface area contributed by atoms with Gasteiger partial charge in [-0.15, -0.1) is 0 Å². The molecule has 1 heterocycles. The monoisotopic (exact) mass is 345 g/mol. The molecule has 0 radical (unpaired) electrons. The number of aryl methyl sites for hydroxylation is 1. The standard InChI is InChI=1S/C18H20ClN3O2/c1-9-5-13(9)18-21-17(24-22-18)8-16(23)20-15-6-10(2)12(7-14(15)19)11-3-4-11/h6-7,9,11,13H,3-5,8H2,1-2H3,(H,20,23). The van der Waals surface area contributed by atoms with Gasteiger partial charge in [0.1, 0.15) is 6.42 Å². The second-order valence-electron chi connectivity index (χ2n) is 7.05. The number of nitrogens with zero attached hydrogens (tertiary/aromatic N) is 2. The minimum absolute atomic E-state index is 0.0633. The quantitative estimate of drug-likeness (QED) is 0.881. The molecule has 2 aliphatic carbocycles. The number of rotatable bonds is 5. The molecule has 4 rings (SSSR count). The number of carbonyl (C=O) groups is 1. The molecule has 2 fully saturated rings. The number of hydrogen-bond acceptors (Lipinski definition) is 4. The van der Waals surface area contributed by atoms with Crippen LogP contribution in [0.5, 0.6) is 0 Å². The average Bonchev–Trinajstić information content (AvgIpc) is 3.44. The van der Waals surface area contributed by atoms with Crippen molar-refractivity contribution < 1.29 is 9.32 Å². The molecule has 5 nitrogen and oxygen atoms in total. The Hall–Kier alpha value is -1.88. The van der Waals surface area contributed by atoms with E-state index in [1.165, 1.54) is 24.0 Å². The third-order valence-corrected chi connectivity index (χ3v) is 5.20. The number of anilines is 1. The van der Waals surface area contributed by atoms with Gasteiger partial charge < -0.3 is 9.84 Å². The lowest BCUT2D eigenvalue weighted by Crippen LogP contribution is -2.15. The molecule has 2 atom stereocenters. The lowest BCUT2D eigenvalue weighted by Gasteiger charge is -2.11. The van der Waals surface area contributed by atoms with Crippen LogP contribution in [0, 0.1) is 12.8 Å². The Morgan fingerprint density at radius 2 is 2.17 bits per heavy atom. The Kier molecular flexibility index (Phi) is 3.83. The van der Waals surface area contributed by atoms with Crippen LogP contribution < -0.4 is 5.32 Å². The molecule has 6 heteroatoms. The Morgan fingerprint density at radius 1 is 1.42 bits per heavy atom. The number of carbonyl (C=O) groups excluding carboxylic acids is 1. The predicted octanol–water partition coefficient (Wildman–Crippen LogP) is 4.21. The summed E-state index contributed by atoms with van der Waals surface area (Å²) >= 11 is 6.32. The van der Waals surface area contributed by atoms with E-state index < -0.39 is 0 Å². The van der Waals surface area contributed by atoms with Gasteiger partial charge in [-0.1, -0.05) is 23.7 Å². The van der Waals surface area contributed by atoms with E-state index in [4.69, 9.17) is 16.1 Å². The summed E-state index contributed by atoms with van der Waals surface area (Å²) in [4.78, 5) is 16.6. The molecule has 2 saturated carbocycles. The van der Waals surface area contributed by atoms with Crippen molar-refractivity contribution in [2.45, 2.75) is 51.4 Å². The first kappa shape index (κ1) is 15.6. The molecule has 0 aliphatic heterocycles. The molecule has 126 valence electrons. The predicted molar refractivity (Wildman–Crippen MR) is 91.3 cm³/mol. The molecule has 1 aromatic heterocycles. The molecular weight excluding hydrogens is 326 g/mol. The molecule has 0 bridgehead atoms. The van der Waals surface area contributed by atoms with Crippen molar-refractivity contribution in [2.75, 3.05) is 5.32 Å². The third kappa shape index (κ3) is 3.18. The fraction of sp³-hybridized carbons (Fsp3) is 0.500. The summed E-state index contributed by atoms with van der Waals surface area (Å²) in [6.45, 7) is 4.21. The molecule has 1 amide bonds. The van der Waals surface area contributed by atoms with Crippen molar-refractivity contribution >= 4 is 23.2 Å². The zero-order chi connectivity index (χ0) is 16.8. The number of aromatic nitrogens is 2. The summed E-state index contributed by atoms with van der Waals surface area (Å²) in [6.07, 6.45) is 3.60. The van der Waals surface area contributed by atoms with Gasteiger partial charge in [0.05, 0.1) is 10.7 Å². The average molecular weight is 346 g/mol. The highest BCUT2D eigenvalue weighted by Gasteiger charge is 2.38. The maximum Gasteiger partial charge on any atom is 0.236 e. The molecular formula is C18H20ClN3O2. The van der Waals surface area contributed by atoms with E-state index in [0.717, 1.165) is 6.42 Å². The van der Waals surface area contributed by atoms with Crippen LogP contribution in [0.1, 0.15) is 60.9 Å². The summed E-state index contributed by atoms with van der Waals surface area (Å²) < 4.78 is 5.18. The van der Waals surface area contributed by atoms with Gasteiger partial charge in [-0.25, -0.2) is 0 Å². The SMILES string of the molecule is Cc1cc(NC(=O)Cc2nc(C3CC3C)no2)c(Cl)cc1C1CC1. The lowest BCUT2D eigenvalue weighted by atomic mass is 10.0. The van der Waals surface area contributed by atoms with Crippen molar-refractivity contribution in [3.05, 3.63) is 40.0 Å². The molecule has 1 aromatic carbocycles. The fourth-order valence-corrected chi connectivity index (χ4v) is 3.35. The smallest absolute Gasteiger partial charge is 0.236 e. The topological polar surface area (TPSA) is 68.0 Å². The van der Waals surface area contributed by atoms with Crippen molar-refractivity contribution in [1.29, 1.82) is 0 Å². The molecule has 2 aliphatic rings. The Bertz CT molecular complexity index is 798. The lowest BCUT2D eigenvalue weighted by molar-refractivity contribution is -0.115. The molecule has 0 spiro atoms. The van der Waals surface area contributed by atoms with E-state index in [-0.39, 0.29) is 12.3 Å². The van der Waals surface area contributed by atoms with Gasteiger partial charge in [0, 0.05) is 5.92 Å². The number of amides is 1. The van der Waals surface area contributed by atoms with Crippen LogP contribution in [0.15, 0.2) is 16.7 Å². The van der Waals surface area contributed by atoms with Crippen molar-refractivity contribution in [2.24, 2.45) is 5.92 Å². The summed E-state index contributed by atoms with van der Waals surface area (Å²) in [5, 5.41) is 7.39. The van der Waals surface area contributed by atoms with Crippen LogP contribution in [0.3, 0.4) is 0 Å². The summed E-state index contributed by atoms with van der Waals surface area (Å²) in [5.74, 6) is 2.49. The zero-order valence-corrected chi connectivity index (χ0v) is 14.6. The number of halogens is 1. The van der Waals surface area contributed by atoms with Crippen LogP contribution >= 0.6 is 11.6 Å². The van der Waals surface area contributed by atoms with Gasteiger partial charge >= 0.3 is 0 Å². The highest BCUT2D eigenvalue weighted by atomic mass is 35.5. The number of nitrogens with one attached hydrogen (secondary N) is 1. The van der Waals surface area contributed by atoms with Gasteiger partial charge in [0.25, 0.3) is 0 Å². The number of benzene rings is 1. The van der Waals surface area contributed by atoms with Crippen LogP contribution in [0.2, 0.25) is 5.02 Å². The first-order valence-corrected chi connectivity index (χ1v) is 8.81. The van der Waals surface area contributed by atoms with Crippen molar-refractivity contribution in [3.8, 4) is 0 Å². The van der Waals surface area contributed by atoms with Crippen LogP contribution in [0.4, 0.5) is 5.69 Å². The highest BCUT2D eigenvalue weighted by molar-refractivity contribution is 6.33.